The molecule has 4 rings (SSSR count). The Morgan fingerprint density at radius 1 is 1.13 bits per heavy atom. The molecule has 2 heterocycles. The second-order valence-corrected chi connectivity index (χ2v) is 10.3. The van der Waals surface area contributed by atoms with Crippen molar-refractivity contribution in [3.05, 3.63) is 63.5 Å². The minimum atomic E-state index is -0.992. The number of carbonyl (C=O) groups is 3. The minimum Gasteiger partial charge on any atom is -0.493 e. The first-order valence-corrected chi connectivity index (χ1v) is 13.9. The number of carbonyl (C=O) groups excluding carboxylic acids is 2. The van der Waals surface area contributed by atoms with Gasteiger partial charge in [0.05, 0.1) is 18.7 Å². The van der Waals surface area contributed by atoms with Gasteiger partial charge in [-0.1, -0.05) is 24.3 Å². The number of nitrogens with zero attached hydrogens (tertiary/aromatic N) is 2. The predicted molar refractivity (Wildman–Crippen MR) is 149 cm³/mol. The molecule has 2 amide bonds. The smallest absolute Gasteiger partial charge is 0.407 e. The van der Waals surface area contributed by atoms with Crippen LogP contribution in [-0.4, -0.2) is 47.8 Å². The van der Waals surface area contributed by atoms with Gasteiger partial charge >= 0.3 is 12.1 Å². The molecule has 0 atom stereocenters. The summed E-state index contributed by atoms with van der Waals surface area (Å²) in [6.45, 7) is 5.26. The number of alkyl carbamates (subject to hydrolysis) is 1. The number of fused-ring (bicyclic) bond motifs is 1. The molecule has 0 fully saturated rings. The van der Waals surface area contributed by atoms with E-state index in [1.54, 1.807) is 0 Å². The van der Waals surface area contributed by atoms with Crippen molar-refractivity contribution < 1.29 is 29.0 Å². The number of carboxylic acids is 1. The zero-order valence-corrected chi connectivity index (χ0v) is 23.0. The van der Waals surface area contributed by atoms with Gasteiger partial charge in [-0.25, -0.2) is 9.78 Å². The molecule has 1 aromatic heterocycles. The normalized spacial score (nSPS) is 12.5. The van der Waals surface area contributed by atoms with Gasteiger partial charge in [-0.15, -0.1) is 11.3 Å². The number of aromatic nitrogens is 1. The molecule has 3 aromatic rings. The van der Waals surface area contributed by atoms with Crippen LogP contribution in [0, 0.1) is 13.8 Å². The lowest BCUT2D eigenvalue weighted by Gasteiger charge is -2.31. The average molecular weight is 552 g/mol. The number of nitrogens with one attached hydrogen (secondary N) is 1. The SMILES string of the molecule is Cc1cccc(OCCCC(=O)N2CCCc3c(-c4csc(COC(=O)NCCC(=O)O)n4)cccc32)c1C. The molecule has 2 N–H and O–H groups in total. The van der Waals surface area contributed by atoms with Crippen molar-refractivity contribution >= 4 is 35.0 Å². The summed E-state index contributed by atoms with van der Waals surface area (Å²) in [6.07, 6.45) is 1.90. The van der Waals surface area contributed by atoms with Gasteiger partial charge in [-0.2, -0.15) is 0 Å². The van der Waals surface area contributed by atoms with Crippen molar-refractivity contribution in [3.8, 4) is 17.0 Å². The molecule has 39 heavy (non-hydrogen) atoms. The largest absolute Gasteiger partial charge is 0.493 e. The predicted octanol–water partition coefficient (Wildman–Crippen LogP) is 5.27. The monoisotopic (exact) mass is 551 g/mol. The molecule has 10 heteroatoms. The highest BCUT2D eigenvalue weighted by atomic mass is 32.1. The number of hydrogen-bond acceptors (Lipinski definition) is 7. The summed E-state index contributed by atoms with van der Waals surface area (Å²) in [6, 6.07) is 11.9. The second kappa shape index (κ2) is 13.2. The van der Waals surface area contributed by atoms with Crippen LogP contribution in [0.4, 0.5) is 10.5 Å². The standard InChI is InChI=1S/C29H33N3O6S/c1-19-7-3-11-25(20(19)2)37-16-6-12-27(33)32-15-5-9-22-21(8-4-10-24(22)32)23-18-39-26(31-23)17-38-29(36)30-14-13-28(34)35/h3-4,7-8,10-11,18H,5-6,9,12-17H2,1-2H3,(H,30,36)(H,34,35). The van der Waals surface area contributed by atoms with Crippen LogP contribution in [0.3, 0.4) is 0 Å². The third-order valence-electron chi connectivity index (χ3n) is 6.66. The van der Waals surface area contributed by atoms with Crippen LogP contribution < -0.4 is 15.0 Å². The first-order valence-electron chi connectivity index (χ1n) is 13.0. The van der Waals surface area contributed by atoms with E-state index in [2.05, 4.69) is 23.3 Å². The first-order chi connectivity index (χ1) is 18.8. The number of benzene rings is 2. The molecule has 1 aliphatic heterocycles. The van der Waals surface area contributed by atoms with Gasteiger partial charge in [0.25, 0.3) is 0 Å². The Morgan fingerprint density at radius 2 is 1.95 bits per heavy atom. The van der Waals surface area contributed by atoms with Crippen LogP contribution in [0.25, 0.3) is 11.3 Å². The van der Waals surface area contributed by atoms with E-state index in [-0.39, 0.29) is 25.5 Å². The summed E-state index contributed by atoms with van der Waals surface area (Å²) < 4.78 is 11.1. The molecule has 0 bridgehead atoms. The molecule has 0 saturated carbocycles. The number of hydrogen-bond donors (Lipinski definition) is 2. The number of carboxylic acid groups (broad SMARTS) is 1. The molecule has 206 valence electrons. The van der Waals surface area contributed by atoms with Crippen LogP contribution in [-0.2, 0) is 27.4 Å². The third-order valence-corrected chi connectivity index (χ3v) is 7.48. The number of anilines is 1. The van der Waals surface area contributed by atoms with Crippen LogP contribution in [0.2, 0.25) is 0 Å². The summed E-state index contributed by atoms with van der Waals surface area (Å²) in [5, 5.41) is 13.6. The number of thiazole rings is 1. The van der Waals surface area contributed by atoms with E-state index in [0.29, 0.717) is 31.0 Å². The highest BCUT2D eigenvalue weighted by molar-refractivity contribution is 7.09. The van der Waals surface area contributed by atoms with Gasteiger partial charge < -0.3 is 24.8 Å². The van der Waals surface area contributed by atoms with E-state index in [0.717, 1.165) is 46.7 Å². The van der Waals surface area contributed by atoms with Crippen LogP contribution in [0.15, 0.2) is 41.8 Å². The number of amides is 2. The van der Waals surface area contributed by atoms with Crippen LogP contribution >= 0.6 is 11.3 Å². The molecule has 9 nitrogen and oxygen atoms in total. The first kappa shape index (κ1) is 28.1. The maximum Gasteiger partial charge on any atom is 0.407 e. The Balaban J connectivity index is 1.35. The molecule has 0 aliphatic carbocycles. The number of aliphatic carboxylic acids is 1. The van der Waals surface area contributed by atoms with Gasteiger partial charge in [-0.3, -0.25) is 9.59 Å². The zero-order chi connectivity index (χ0) is 27.8. The van der Waals surface area contributed by atoms with E-state index < -0.39 is 12.1 Å². The van der Waals surface area contributed by atoms with Crippen molar-refractivity contribution in [2.45, 2.75) is 52.6 Å². The fourth-order valence-corrected chi connectivity index (χ4v) is 5.20. The highest BCUT2D eigenvalue weighted by Crippen LogP contribution is 2.36. The van der Waals surface area contributed by atoms with Crippen molar-refractivity contribution in [1.29, 1.82) is 0 Å². The Bertz CT molecular complexity index is 1340. The minimum absolute atomic E-state index is 0.00206. The summed E-state index contributed by atoms with van der Waals surface area (Å²) in [5.41, 5.74) is 6.06. The summed E-state index contributed by atoms with van der Waals surface area (Å²) in [4.78, 5) is 42.0. The third kappa shape index (κ3) is 7.35. The van der Waals surface area contributed by atoms with E-state index in [1.165, 1.54) is 16.9 Å². The van der Waals surface area contributed by atoms with Crippen molar-refractivity contribution in [2.24, 2.45) is 0 Å². The van der Waals surface area contributed by atoms with Crippen molar-refractivity contribution in [2.75, 3.05) is 24.6 Å². The van der Waals surface area contributed by atoms with Crippen LogP contribution in [0.1, 0.15) is 47.4 Å². The van der Waals surface area contributed by atoms with Crippen LogP contribution in [0.5, 0.6) is 5.75 Å². The Labute approximate surface area is 231 Å². The van der Waals surface area contributed by atoms with Gasteiger partial charge in [0.2, 0.25) is 5.91 Å². The molecule has 0 saturated heterocycles. The Morgan fingerprint density at radius 3 is 2.77 bits per heavy atom. The maximum atomic E-state index is 13.2. The number of rotatable bonds is 11. The van der Waals surface area contributed by atoms with Gasteiger partial charge in [0.1, 0.15) is 17.4 Å². The molecular formula is C29H33N3O6S. The Kier molecular flexibility index (Phi) is 9.54. The van der Waals surface area contributed by atoms with E-state index in [1.807, 2.05) is 47.5 Å². The molecular weight excluding hydrogens is 518 g/mol. The summed E-state index contributed by atoms with van der Waals surface area (Å²) >= 11 is 1.38. The molecule has 2 aromatic carbocycles. The zero-order valence-electron chi connectivity index (χ0n) is 22.2. The lowest BCUT2D eigenvalue weighted by molar-refractivity contribution is -0.136. The Hall–Kier alpha value is -3.92. The topological polar surface area (TPSA) is 118 Å². The molecule has 0 spiro atoms. The van der Waals surface area contributed by atoms with Gasteiger partial charge in [0, 0.05) is 36.1 Å². The van der Waals surface area contributed by atoms with Gasteiger partial charge in [-0.05, 0) is 61.9 Å². The maximum absolute atomic E-state index is 13.2. The highest BCUT2D eigenvalue weighted by Gasteiger charge is 2.25. The summed E-state index contributed by atoms with van der Waals surface area (Å²) in [5.74, 6) is -0.0465. The fourth-order valence-electron chi connectivity index (χ4n) is 4.50. The lowest BCUT2D eigenvalue weighted by Crippen LogP contribution is -2.35. The quantitative estimate of drug-likeness (QED) is 0.312. The number of ether oxygens (including phenoxy) is 2. The fraction of sp³-hybridized carbons (Fsp3) is 0.379. The molecule has 0 unspecified atom stereocenters. The van der Waals surface area contributed by atoms with E-state index in [4.69, 9.17) is 14.6 Å². The summed E-state index contributed by atoms with van der Waals surface area (Å²) in [7, 11) is 0. The van der Waals surface area contributed by atoms with Crippen molar-refractivity contribution in [1.82, 2.24) is 10.3 Å². The second-order valence-electron chi connectivity index (χ2n) is 9.38. The van der Waals surface area contributed by atoms with Gasteiger partial charge in [0.15, 0.2) is 0 Å². The lowest BCUT2D eigenvalue weighted by atomic mass is 9.94. The molecule has 1 aliphatic rings. The molecule has 0 radical (unpaired) electrons. The average Bonchev–Trinajstić information content (AvgIpc) is 3.40. The number of aryl methyl sites for hydroxylation is 1. The van der Waals surface area contributed by atoms with Crippen molar-refractivity contribution in [3.63, 3.8) is 0 Å². The van der Waals surface area contributed by atoms with E-state index >= 15 is 0 Å². The van der Waals surface area contributed by atoms with E-state index in [9.17, 15) is 14.4 Å².